The van der Waals surface area contributed by atoms with Gasteiger partial charge in [0.1, 0.15) is 5.75 Å². The molecule has 1 aromatic heterocycles. The number of aliphatic hydroxyl groups excluding tert-OH is 1. The van der Waals surface area contributed by atoms with Crippen LogP contribution < -0.4 is 10.9 Å². The number of fused-ring (bicyclic) bond motifs is 1. The molecule has 1 aliphatic carbocycles. The SMILES string of the molecule is CCC(c1ccc(C(F)(F)F)cc1)C1(NCC(O)c2ccc(O)c3[nH]c(=O)ccc23)CC1. The lowest BCUT2D eigenvalue weighted by Gasteiger charge is -2.29. The van der Waals surface area contributed by atoms with Crippen molar-refractivity contribution in [2.45, 2.75) is 49.9 Å². The van der Waals surface area contributed by atoms with Crippen molar-refractivity contribution in [3.05, 3.63) is 75.6 Å². The molecule has 1 heterocycles. The number of hydrogen-bond donors (Lipinski definition) is 4. The summed E-state index contributed by atoms with van der Waals surface area (Å²) < 4.78 is 38.7. The number of aromatic hydroxyl groups is 1. The summed E-state index contributed by atoms with van der Waals surface area (Å²) in [5, 5.41) is 24.9. The maximum Gasteiger partial charge on any atom is 0.416 e. The summed E-state index contributed by atoms with van der Waals surface area (Å²) in [5.74, 6) is -0.0569. The first-order valence-corrected chi connectivity index (χ1v) is 10.6. The van der Waals surface area contributed by atoms with Crippen LogP contribution in [0.5, 0.6) is 5.75 Å². The number of hydrogen-bond acceptors (Lipinski definition) is 4. The predicted molar refractivity (Wildman–Crippen MR) is 116 cm³/mol. The number of phenolic OH excluding ortho intramolecular Hbond substituents is 1. The van der Waals surface area contributed by atoms with E-state index in [2.05, 4.69) is 10.3 Å². The summed E-state index contributed by atoms with van der Waals surface area (Å²) in [6.07, 6.45) is -2.78. The van der Waals surface area contributed by atoms with Crippen LogP contribution in [-0.2, 0) is 6.18 Å². The van der Waals surface area contributed by atoms with Gasteiger partial charge >= 0.3 is 6.18 Å². The summed E-state index contributed by atoms with van der Waals surface area (Å²) >= 11 is 0. The van der Waals surface area contributed by atoms with Gasteiger partial charge in [-0.05, 0) is 54.7 Å². The lowest BCUT2D eigenvalue weighted by molar-refractivity contribution is -0.137. The quantitative estimate of drug-likeness (QED) is 0.427. The van der Waals surface area contributed by atoms with E-state index in [4.69, 9.17) is 0 Å². The molecular weight excluding hydrogens is 421 g/mol. The van der Waals surface area contributed by atoms with Gasteiger partial charge in [0.05, 0.1) is 17.2 Å². The number of aliphatic hydroxyl groups is 1. The van der Waals surface area contributed by atoms with Crippen LogP contribution >= 0.6 is 0 Å². The minimum absolute atomic E-state index is 0.0184. The second kappa shape index (κ2) is 8.26. The van der Waals surface area contributed by atoms with Crippen LogP contribution in [0.4, 0.5) is 13.2 Å². The Hall–Kier alpha value is -2.84. The van der Waals surface area contributed by atoms with E-state index in [0.717, 1.165) is 37.0 Å². The van der Waals surface area contributed by atoms with Crippen LogP contribution in [-0.4, -0.2) is 27.3 Å². The Labute approximate surface area is 182 Å². The molecule has 1 fully saturated rings. The maximum absolute atomic E-state index is 12.9. The van der Waals surface area contributed by atoms with Gasteiger partial charge in [-0.15, -0.1) is 0 Å². The minimum atomic E-state index is -4.36. The number of halogens is 3. The number of H-pyrrole nitrogens is 1. The smallest absolute Gasteiger partial charge is 0.416 e. The Bertz CT molecular complexity index is 1170. The van der Waals surface area contributed by atoms with Crippen LogP contribution in [0, 0.1) is 0 Å². The van der Waals surface area contributed by atoms with Crippen molar-refractivity contribution in [1.82, 2.24) is 10.3 Å². The maximum atomic E-state index is 12.9. The first-order chi connectivity index (χ1) is 15.1. The number of β-amino-alcohol motifs (C(OH)–C–C–N with tert-alkyl or cyclic N) is 1. The van der Waals surface area contributed by atoms with Crippen molar-refractivity contribution >= 4 is 10.9 Å². The van der Waals surface area contributed by atoms with Gasteiger partial charge in [-0.2, -0.15) is 13.2 Å². The zero-order chi connectivity index (χ0) is 23.1. The van der Waals surface area contributed by atoms with Crippen LogP contribution in [0.1, 0.15) is 54.9 Å². The average Bonchev–Trinajstić information content (AvgIpc) is 3.54. The van der Waals surface area contributed by atoms with E-state index in [1.807, 2.05) is 6.92 Å². The van der Waals surface area contributed by atoms with E-state index < -0.39 is 17.8 Å². The Kier molecular flexibility index (Phi) is 5.77. The van der Waals surface area contributed by atoms with E-state index in [9.17, 15) is 28.2 Å². The fourth-order valence-electron chi connectivity index (χ4n) is 4.59. The van der Waals surface area contributed by atoms with Crippen LogP contribution in [0.3, 0.4) is 0 Å². The topological polar surface area (TPSA) is 85.3 Å². The minimum Gasteiger partial charge on any atom is -0.506 e. The molecule has 2 atom stereocenters. The third-order valence-electron chi connectivity index (χ3n) is 6.42. The molecule has 0 saturated heterocycles. The van der Waals surface area contributed by atoms with E-state index in [1.54, 1.807) is 24.3 Å². The summed E-state index contributed by atoms with van der Waals surface area (Å²) in [4.78, 5) is 14.2. The molecule has 1 aliphatic rings. The van der Waals surface area contributed by atoms with Crippen molar-refractivity contribution in [2.24, 2.45) is 0 Å². The highest BCUT2D eigenvalue weighted by molar-refractivity contribution is 5.87. The molecule has 0 radical (unpaired) electrons. The van der Waals surface area contributed by atoms with E-state index in [0.29, 0.717) is 10.9 Å². The molecule has 0 aliphatic heterocycles. The van der Waals surface area contributed by atoms with Crippen molar-refractivity contribution in [3.8, 4) is 5.75 Å². The third-order valence-corrected chi connectivity index (χ3v) is 6.42. The van der Waals surface area contributed by atoms with Gasteiger partial charge in [-0.25, -0.2) is 0 Å². The van der Waals surface area contributed by atoms with Crippen molar-refractivity contribution in [2.75, 3.05) is 6.54 Å². The third kappa shape index (κ3) is 4.25. The van der Waals surface area contributed by atoms with Crippen LogP contribution in [0.2, 0.25) is 0 Å². The van der Waals surface area contributed by atoms with Crippen LogP contribution in [0.15, 0.2) is 53.3 Å². The number of pyridine rings is 1. The van der Waals surface area contributed by atoms with Crippen molar-refractivity contribution in [3.63, 3.8) is 0 Å². The molecule has 170 valence electrons. The van der Waals surface area contributed by atoms with Gasteiger partial charge in [0.25, 0.3) is 0 Å². The molecular formula is C24H25F3N2O3. The normalized spacial score (nSPS) is 17.3. The fraction of sp³-hybridized carbons (Fsp3) is 0.375. The lowest BCUT2D eigenvalue weighted by Crippen LogP contribution is -2.39. The molecule has 4 rings (SSSR count). The second-order valence-electron chi connectivity index (χ2n) is 8.42. The summed E-state index contributed by atoms with van der Waals surface area (Å²) in [7, 11) is 0. The molecule has 5 nitrogen and oxygen atoms in total. The zero-order valence-corrected chi connectivity index (χ0v) is 17.5. The Morgan fingerprint density at radius 2 is 1.78 bits per heavy atom. The molecule has 32 heavy (non-hydrogen) atoms. The highest BCUT2D eigenvalue weighted by Gasteiger charge is 2.49. The monoisotopic (exact) mass is 446 g/mol. The number of aromatic amines is 1. The second-order valence-corrected chi connectivity index (χ2v) is 8.42. The number of benzene rings is 2. The number of nitrogens with one attached hydrogen (secondary N) is 2. The molecule has 0 amide bonds. The standard InChI is InChI=1S/C24H25F3N2O3/c1-2-18(14-3-5-15(6-4-14)24(25,26)27)23(11-12-23)28-13-20(31)16-7-9-19(30)22-17(16)8-10-21(32)29-22/h3-10,18,20,28,30-31H,2,11-13H2,1H3,(H,29,32). The van der Waals surface area contributed by atoms with Crippen molar-refractivity contribution < 1.29 is 23.4 Å². The van der Waals surface area contributed by atoms with Gasteiger partial charge in [-0.1, -0.05) is 25.1 Å². The number of alkyl halides is 3. The molecule has 4 N–H and O–H groups in total. The largest absolute Gasteiger partial charge is 0.506 e. The van der Waals surface area contributed by atoms with Crippen molar-refractivity contribution in [1.29, 1.82) is 0 Å². The molecule has 0 spiro atoms. The van der Waals surface area contributed by atoms with E-state index in [-0.39, 0.29) is 34.8 Å². The molecule has 0 bridgehead atoms. The number of rotatable bonds is 7. The highest BCUT2D eigenvalue weighted by atomic mass is 19.4. The molecule has 1 saturated carbocycles. The molecule has 3 aromatic rings. The fourth-order valence-corrected chi connectivity index (χ4v) is 4.59. The van der Waals surface area contributed by atoms with E-state index in [1.165, 1.54) is 12.1 Å². The number of aromatic nitrogens is 1. The zero-order valence-electron chi connectivity index (χ0n) is 17.5. The predicted octanol–water partition coefficient (Wildman–Crippen LogP) is 4.60. The molecule has 8 heteroatoms. The first kappa shape index (κ1) is 22.4. The van der Waals surface area contributed by atoms with Gasteiger partial charge in [0.2, 0.25) is 5.56 Å². The average molecular weight is 446 g/mol. The summed E-state index contributed by atoms with van der Waals surface area (Å²) in [5.41, 5.74) is 0.383. The Morgan fingerprint density at radius 1 is 1.09 bits per heavy atom. The number of phenols is 1. The van der Waals surface area contributed by atoms with Crippen LogP contribution in [0.25, 0.3) is 10.9 Å². The van der Waals surface area contributed by atoms with Gasteiger partial charge in [0.15, 0.2) is 0 Å². The first-order valence-electron chi connectivity index (χ1n) is 10.6. The lowest BCUT2D eigenvalue weighted by atomic mass is 9.86. The molecule has 2 unspecified atom stereocenters. The summed E-state index contributed by atoms with van der Waals surface area (Å²) in [6, 6.07) is 11.3. The molecule has 2 aromatic carbocycles. The highest BCUT2D eigenvalue weighted by Crippen LogP contribution is 2.49. The van der Waals surface area contributed by atoms with Gasteiger partial charge < -0.3 is 20.5 Å². The van der Waals surface area contributed by atoms with E-state index >= 15 is 0 Å². The Balaban J connectivity index is 1.52. The van der Waals surface area contributed by atoms with Gasteiger partial charge in [-0.3, -0.25) is 4.79 Å². The Morgan fingerprint density at radius 3 is 2.38 bits per heavy atom. The van der Waals surface area contributed by atoms with Gasteiger partial charge in [0, 0.05) is 29.5 Å². The summed E-state index contributed by atoms with van der Waals surface area (Å²) in [6.45, 7) is 2.24.